The zero-order valence-electron chi connectivity index (χ0n) is 14.0. The number of ketones is 1. The predicted octanol–water partition coefficient (Wildman–Crippen LogP) is 5.96. The molecule has 2 aromatic heterocycles. The molecule has 0 fully saturated rings. The molecule has 26 heavy (non-hydrogen) atoms. The molecule has 132 valence electrons. The van der Waals surface area contributed by atoms with Crippen molar-refractivity contribution in [3.63, 3.8) is 0 Å². The Kier molecular flexibility index (Phi) is 4.96. The van der Waals surface area contributed by atoms with Gasteiger partial charge in [-0.05, 0) is 78.9 Å². The number of hydrogen-bond donors (Lipinski definition) is 0. The van der Waals surface area contributed by atoms with Crippen LogP contribution in [0, 0.1) is 0 Å². The van der Waals surface area contributed by atoms with Crippen LogP contribution >= 0.6 is 22.9 Å². The maximum absolute atomic E-state index is 12.0. The molecular formula is C21H17ClO3S. The molecule has 2 heterocycles. The van der Waals surface area contributed by atoms with Crippen LogP contribution in [0.2, 0.25) is 4.34 Å². The summed E-state index contributed by atoms with van der Waals surface area (Å²) in [7, 11) is 0. The third kappa shape index (κ3) is 3.92. The Bertz CT molecular complexity index is 967. The van der Waals surface area contributed by atoms with Gasteiger partial charge in [0.1, 0.15) is 23.9 Å². The summed E-state index contributed by atoms with van der Waals surface area (Å²) in [6.45, 7) is 0.362. The Morgan fingerprint density at radius 2 is 2.04 bits per heavy atom. The molecular weight excluding hydrogens is 368 g/mol. The Morgan fingerprint density at radius 3 is 2.88 bits per heavy atom. The van der Waals surface area contributed by atoms with Gasteiger partial charge >= 0.3 is 0 Å². The van der Waals surface area contributed by atoms with Gasteiger partial charge in [0.25, 0.3) is 0 Å². The number of fused-ring (bicyclic) bond motifs is 1. The van der Waals surface area contributed by atoms with E-state index in [0.29, 0.717) is 21.6 Å². The van der Waals surface area contributed by atoms with E-state index in [2.05, 4.69) is 12.1 Å². The summed E-state index contributed by atoms with van der Waals surface area (Å²) in [5.41, 5.74) is 2.82. The summed E-state index contributed by atoms with van der Waals surface area (Å²) in [6, 6.07) is 13.4. The predicted molar refractivity (Wildman–Crippen MR) is 104 cm³/mol. The van der Waals surface area contributed by atoms with Crippen molar-refractivity contribution in [2.24, 2.45) is 0 Å². The number of aryl methyl sites for hydroxylation is 2. The van der Waals surface area contributed by atoms with E-state index in [1.807, 2.05) is 18.2 Å². The minimum atomic E-state index is -0.0887. The lowest BCUT2D eigenvalue weighted by Gasteiger charge is -2.06. The van der Waals surface area contributed by atoms with E-state index in [9.17, 15) is 4.79 Å². The molecule has 1 aromatic carbocycles. The first kappa shape index (κ1) is 17.1. The summed E-state index contributed by atoms with van der Waals surface area (Å²) in [6.07, 6.45) is 6.68. The summed E-state index contributed by atoms with van der Waals surface area (Å²) < 4.78 is 12.1. The normalized spacial score (nSPS) is 13.3. The van der Waals surface area contributed by atoms with E-state index < -0.39 is 0 Å². The first-order valence-electron chi connectivity index (χ1n) is 8.48. The van der Waals surface area contributed by atoms with Gasteiger partial charge in [0.2, 0.25) is 0 Å². The quantitative estimate of drug-likeness (QED) is 0.389. The van der Waals surface area contributed by atoms with Crippen LogP contribution in [0.25, 0.3) is 6.08 Å². The number of rotatable bonds is 6. The second-order valence-corrected chi connectivity index (χ2v) is 7.89. The van der Waals surface area contributed by atoms with Crippen LogP contribution in [0.5, 0.6) is 5.75 Å². The summed E-state index contributed by atoms with van der Waals surface area (Å²) >= 11 is 7.12. The molecule has 0 radical (unpaired) electrons. The Balaban J connectivity index is 1.35. The highest BCUT2D eigenvalue weighted by Gasteiger charge is 2.11. The SMILES string of the molecule is O=C(/C=C/c1ccc(COc2ccc3c(c2)CCC3)o1)c1ccc(Cl)s1. The highest BCUT2D eigenvalue weighted by atomic mass is 35.5. The minimum Gasteiger partial charge on any atom is -0.486 e. The van der Waals surface area contributed by atoms with E-state index in [1.54, 1.807) is 18.2 Å². The smallest absolute Gasteiger partial charge is 0.195 e. The van der Waals surface area contributed by atoms with Crippen molar-refractivity contribution < 1.29 is 13.9 Å². The first-order chi connectivity index (χ1) is 12.7. The van der Waals surface area contributed by atoms with Gasteiger partial charge in [0.05, 0.1) is 9.21 Å². The topological polar surface area (TPSA) is 39.4 Å². The van der Waals surface area contributed by atoms with Crippen molar-refractivity contribution in [2.75, 3.05) is 0 Å². The summed E-state index contributed by atoms with van der Waals surface area (Å²) in [5.74, 6) is 2.11. The molecule has 0 unspecified atom stereocenters. The van der Waals surface area contributed by atoms with Crippen molar-refractivity contribution in [2.45, 2.75) is 25.9 Å². The van der Waals surface area contributed by atoms with Gasteiger partial charge in [0.15, 0.2) is 5.78 Å². The summed E-state index contributed by atoms with van der Waals surface area (Å²) in [5, 5.41) is 0. The van der Waals surface area contributed by atoms with Crippen LogP contribution in [-0.2, 0) is 19.4 Å². The van der Waals surface area contributed by atoms with Gasteiger partial charge in [-0.15, -0.1) is 11.3 Å². The molecule has 0 atom stereocenters. The van der Waals surface area contributed by atoms with Crippen LogP contribution in [0.4, 0.5) is 0 Å². The molecule has 0 saturated heterocycles. The average molecular weight is 385 g/mol. The number of benzene rings is 1. The van der Waals surface area contributed by atoms with Crippen LogP contribution in [-0.4, -0.2) is 5.78 Å². The zero-order valence-corrected chi connectivity index (χ0v) is 15.6. The summed E-state index contributed by atoms with van der Waals surface area (Å²) in [4.78, 5) is 12.6. The Labute approximate surface area is 160 Å². The number of halogens is 1. The van der Waals surface area contributed by atoms with E-state index >= 15 is 0 Å². The molecule has 0 spiro atoms. The number of thiophene rings is 1. The standard InChI is InChI=1S/C21H17ClO3S/c22-21-11-10-20(26-21)19(23)9-8-16-6-7-18(25-16)13-24-17-5-4-14-2-1-3-15(14)12-17/h4-12H,1-3,13H2/b9-8+. The largest absolute Gasteiger partial charge is 0.486 e. The second kappa shape index (κ2) is 7.52. The van der Waals surface area contributed by atoms with Crippen molar-refractivity contribution in [3.05, 3.63) is 80.4 Å². The molecule has 5 heteroatoms. The third-order valence-electron chi connectivity index (χ3n) is 4.35. The lowest BCUT2D eigenvalue weighted by molar-refractivity contribution is 0.105. The van der Waals surface area contributed by atoms with Gasteiger partial charge in [-0.3, -0.25) is 4.79 Å². The number of furan rings is 1. The molecule has 0 aliphatic heterocycles. The van der Waals surface area contributed by atoms with Crippen LogP contribution in [0.3, 0.4) is 0 Å². The third-order valence-corrected chi connectivity index (χ3v) is 5.59. The molecule has 0 N–H and O–H groups in total. The average Bonchev–Trinajstić information content (AvgIpc) is 3.38. The number of ether oxygens (including phenoxy) is 1. The molecule has 1 aliphatic carbocycles. The monoisotopic (exact) mass is 384 g/mol. The van der Waals surface area contributed by atoms with Crippen molar-refractivity contribution >= 4 is 34.8 Å². The van der Waals surface area contributed by atoms with Gasteiger partial charge in [0, 0.05) is 0 Å². The first-order valence-corrected chi connectivity index (χ1v) is 9.68. The van der Waals surface area contributed by atoms with E-state index in [4.69, 9.17) is 20.8 Å². The number of hydrogen-bond acceptors (Lipinski definition) is 4. The molecule has 0 amide bonds. The lowest BCUT2D eigenvalue weighted by atomic mass is 10.1. The van der Waals surface area contributed by atoms with Gasteiger partial charge in [-0.25, -0.2) is 0 Å². The van der Waals surface area contributed by atoms with E-state index in [0.717, 1.165) is 17.9 Å². The highest BCUT2D eigenvalue weighted by molar-refractivity contribution is 7.18. The van der Waals surface area contributed by atoms with Gasteiger partial charge in [-0.1, -0.05) is 17.7 Å². The van der Waals surface area contributed by atoms with Crippen LogP contribution < -0.4 is 4.74 Å². The fourth-order valence-corrected chi connectivity index (χ4v) is 4.00. The second-order valence-electron chi connectivity index (χ2n) is 6.18. The molecule has 3 nitrogen and oxygen atoms in total. The maximum Gasteiger partial charge on any atom is 0.195 e. The number of carbonyl (C=O) groups is 1. The van der Waals surface area contributed by atoms with Crippen LogP contribution in [0.1, 0.15) is 38.7 Å². The van der Waals surface area contributed by atoms with E-state index in [-0.39, 0.29) is 5.78 Å². The van der Waals surface area contributed by atoms with Crippen molar-refractivity contribution in [1.82, 2.24) is 0 Å². The fourth-order valence-electron chi connectivity index (χ4n) is 3.04. The lowest BCUT2D eigenvalue weighted by Crippen LogP contribution is -1.94. The zero-order chi connectivity index (χ0) is 17.9. The molecule has 0 saturated carbocycles. The Morgan fingerprint density at radius 1 is 1.15 bits per heavy atom. The van der Waals surface area contributed by atoms with Crippen molar-refractivity contribution in [3.8, 4) is 5.75 Å². The molecule has 1 aliphatic rings. The fraction of sp³-hybridized carbons (Fsp3) is 0.190. The van der Waals surface area contributed by atoms with Gasteiger partial charge < -0.3 is 9.15 Å². The molecule has 4 rings (SSSR count). The van der Waals surface area contributed by atoms with E-state index in [1.165, 1.54) is 41.4 Å². The minimum absolute atomic E-state index is 0.0887. The molecule has 3 aromatic rings. The maximum atomic E-state index is 12.0. The molecule has 0 bridgehead atoms. The Hall–Kier alpha value is -2.30. The number of allylic oxidation sites excluding steroid dienone is 1. The van der Waals surface area contributed by atoms with Gasteiger partial charge in [-0.2, -0.15) is 0 Å². The van der Waals surface area contributed by atoms with Crippen LogP contribution in [0.15, 0.2) is 53.0 Å². The van der Waals surface area contributed by atoms with Crippen molar-refractivity contribution in [1.29, 1.82) is 0 Å². The number of carbonyl (C=O) groups excluding carboxylic acids is 1. The highest BCUT2D eigenvalue weighted by Crippen LogP contribution is 2.27.